The number of cyclic esters (lactones) is 1. The maximum Gasteiger partial charge on any atom is 0.328 e. The van der Waals surface area contributed by atoms with Crippen molar-refractivity contribution in [1.29, 1.82) is 0 Å². The first-order valence-corrected chi connectivity index (χ1v) is 13.9. The standard InChI is InChI=1S/C30H45NO6/c1-30(2,3)25-20-27(32)37-17-11-7-5-6-8-13-22-14-9-10-15-23(22)16-12-18-36-24-19-26(29(34)35-4)31(21-24)28(25)33/h9-10,14-15,24-26H,5-8,11-13,16-21H2,1-4H3/t24-,25-,26+/m1/s1. The molecule has 0 aromatic heterocycles. The largest absolute Gasteiger partial charge is 0.467 e. The lowest BCUT2D eigenvalue weighted by Gasteiger charge is -2.34. The Morgan fingerprint density at radius 1 is 0.946 bits per heavy atom. The summed E-state index contributed by atoms with van der Waals surface area (Å²) in [6, 6.07) is 7.91. The molecule has 37 heavy (non-hydrogen) atoms. The summed E-state index contributed by atoms with van der Waals surface area (Å²) < 4.78 is 16.7. The normalized spacial score (nSPS) is 25.5. The van der Waals surface area contributed by atoms with Gasteiger partial charge in [-0.3, -0.25) is 9.59 Å². The third kappa shape index (κ3) is 8.56. The van der Waals surface area contributed by atoms with Gasteiger partial charge in [0.05, 0.1) is 32.2 Å². The van der Waals surface area contributed by atoms with Gasteiger partial charge in [-0.15, -0.1) is 0 Å². The number of benzene rings is 1. The van der Waals surface area contributed by atoms with Crippen molar-refractivity contribution in [3.05, 3.63) is 35.4 Å². The fraction of sp³-hybridized carbons (Fsp3) is 0.700. The Labute approximate surface area is 222 Å². The molecule has 1 aromatic rings. The number of rotatable bonds is 1. The Balaban J connectivity index is 1.76. The number of ether oxygens (including phenoxy) is 3. The predicted molar refractivity (Wildman–Crippen MR) is 142 cm³/mol. The van der Waals surface area contributed by atoms with Crippen molar-refractivity contribution in [3.63, 3.8) is 0 Å². The molecule has 3 rings (SSSR count). The number of nitrogens with zero attached hydrogens (tertiary/aromatic N) is 1. The van der Waals surface area contributed by atoms with Gasteiger partial charge < -0.3 is 19.1 Å². The highest BCUT2D eigenvalue weighted by Crippen LogP contribution is 2.34. The van der Waals surface area contributed by atoms with Gasteiger partial charge in [0.2, 0.25) is 5.91 Å². The molecule has 2 heterocycles. The lowest BCUT2D eigenvalue weighted by Crippen LogP contribution is -2.47. The molecule has 0 N–H and O–H groups in total. The van der Waals surface area contributed by atoms with Crippen molar-refractivity contribution in [2.45, 2.75) is 97.1 Å². The summed E-state index contributed by atoms with van der Waals surface area (Å²) in [7, 11) is 1.34. The van der Waals surface area contributed by atoms with Gasteiger partial charge >= 0.3 is 11.9 Å². The van der Waals surface area contributed by atoms with E-state index >= 15 is 0 Å². The van der Waals surface area contributed by atoms with Crippen LogP contribution < -0.4 is 0 Å². The summed E-state index contributed by atoms with van der Waals surface area (Å²) in [6.07, 6.45) is 8.30. The molecule has 7 heteroatoms. The number of hydrogen-bond donors (Lipinski definition) is 0. The second kappa shape index (κ2) is 13.9. The minimum absolute atomic E-state index is 0.00346. The zero-order valence-corrected chi connectivity index (χ0v) is 23.1. The quantitative estimate of drug-likeness (QED) is 0.496. The molecule has 206 valence electrons. The molecule has 3 atom stereocenters. The van der Waals surface area contributed by atoms with E-state index in [1.165, 1.54) is 18.2 Å². The van der Waals surface area contributed by atoms with Crippen LogP contribution in [0.15, 0.2) is 24.3 Å². The van der Waals surface area contributed by atoms with Crippen LogP contribution in [-0.4, -0.2) is 61.8 Å². The van der Waals surface area contributed by atoms with Gasteiger partial charge in [0, 0.05) is 19.6 Å². The van der Waals surface area contributed by atoms with E-state index in [-0.39, 0.29) is 24.4 Å². The van der Waals surface area contributed by atoms with Crippen LogP contribution in [-0.2, 0) is 41.4 Å². The van der Waals surface area contributed by atoms with E-state index in [2.05, 4.69) is 24.3 Å². The van der Waals surface area contributed by atoms with Gasteiger partial charge in [0.25, 0.3) is 0 Å². The van der Waals surface area contributed by atoms with Gasteiger partial charge in [0.1, 0.15) is 6.04 Å². The van der Waals surface area contributed by atoms with E-state index in [0.29, 0.717) is 26.2 Å². The maximum absolute atomic E-state index is 13.7. The molecular weight excluding hydrogens is 470 g/mol. The summed E-state index contributed by atoms with van der Waals surface area (Å²) in [5.74, 6) is -1.63. The van der Waals surface area contributed by atoms with Crippen LogP contribution in [0.4, 0.5) is 0 Å². The number of amides is 1. The highest BCUT2D eigenvalue weighted by atomic mass is 16.5. The van der Waals surface area contributed by atoms with Gasteiger partial charge in [-0.05, 0) is 48.6 Å². The summed E-state index contributed by atoms with van der Waals surface area (Å²) >= 11 is 0. The first-order chi connectivity index (χ1) is 17.7. The van der Waals surface area contributed by atoms with Crippen molar-refractivity contribution >= 4 is 17.8 Å². The number of fused-ring (bicyclic) bond motifs is 3. The third-order valence-corrected chi connectivity index (χ3v) is 7.65. The van der Waals surface area contributed by atoms with E-state index in [0.717, 1.165) is 51.4 Å². The van der Waals surface area contributed by atoms with E-state index in [4.69, 9.17) is 14.2 Å². The molecule has 1 aromatic carbocycles. The van der Waals surface area contributed by atoms with Crippen LogP contribution in [0, 0.1) is 11.3 Å². The molecule has 0 spiro atoms. The van der Waals surface area contributed by atoms with Crippen molar-refractivity contribution in [1.82, 2.24) is 4.90 Å². The molecule has 0 radical (unpaired) electrons. The number of carbonyl (C=O) groups is 3. The Morgan fingerprint density at radius 2 is 1.59 bits per heavy atom. The van der Waals surface area contributed by atoms with Crippen LogP contribution in [0.1, 0.15) is 83.3 Å². The zero-order chi connectivity index (χ0) is 26.8. The predicted octanol–water partition coefficient (Wildman–Crippen LogP) is 4.88. The van der Waals surface area contributed by atoms with Crippen LogP contribution in [0.5, 0.6) is 0 Å². The smallest absolute Gasteiger partial charge is 0.328 e. The van der Waals surface area contributed by atoms with E-state index < -0.39 is 23.3 Å². The Morgan fingerprint density at radius 3 is 2.27 bits per heavy atom. The minimum Gasteiger partial charge on any atom is -0.467 e. The summed E-state index contributed by atoms with van der Waals surface area (Å²) in [4.78, 5) is 40.6. The number of carbonyl (C=O) groups excluding carboxylic acids is 3. The minimum atomic E-state index is -0.707. The number of aryl methyl sites for hydroxylation is 2. The third-order valence-electron chi connectivity index (χ3n) is 7.65. The van der Waals surface area contributed by atoms with Crippen LogP contribution in [0.2, 0.25) is 0 Å². The summed E-state index contributed by atoms with van der Waals surface area (Å²) in [5, 5.41) is 0. The van der Waals surface area contributed by atoms with E-state index in [9.17, 15) is 14.4 Å². The Bertz CT molecular complexity index is 908. The summed E-state index contributed by atoms with van der Waals surface area (Å²) in [6.45, 7) is 7.08. The van der Waals surface area contributed by atoms with Crippen LogP contribution in [0.25, 0.3) is 0 Å². The number of methoxy groups -OCH3 is 1. The van der Waals surface area contributed by atoms with Crippen molar-refractivity contribution < 1.29 is 28.6 Å². The number of hydrogen-bond acceptors (Lipinski definition) is 6. The summed E-state index contributed by atoms with van der Waals surface area (Å²) in [5.41, 5.74) is 2.30. The fourth-order valence-electron chi connectivity index (χ4n) is 5.40. The molecule has 0 unspecified atom stereocenters. The molecule has 2 aliphatic rings. The average Bonchev–Trinajstić information content (AvgIpc) is 3.29. The van der Waals surface area contributed by atoms with Gasteiger partial charge in [0.15, 0.2) is 0 Å². The van der Waals surface area contributed by atoms with E-state index in [1.807, 2.05) is 20.8 Å². The van der Waals surface area contributed by atoms with Crippen LogP contribution >= 0.6 is 0 Å². The van der Waals surface area contributed by atoms with Gasteiger partial charge in [-0.2, -0.15) is 0 Å². The topological polar surface area (TPSA) is 82.1 Å². The highest BCUT2D eigenvalue weighted by Gasteiger charge is 2.45. The first kappa shape index (κ1) is 29.2. The van der Waals surface area contributed by atoms with Crippen LogP contribution in [0.3, 0.4) is 0 Å². The average molecular weight is 516 g/mol. The zero-order valence-electron chi connectivity index (χ0n) is 23.1. The molecule has 2 aliphatic heterocycles. The van der Waals surface area contributed by atoms with Gasteiger partial charge in [-0.25, -0.2) is 4.79 Å². The lowest BCUT2D eigenvalue weighted by atomic mass is 9.77. The highest BCUT2D eigenvalue weighted by molar-refractivity contribution is 5.89. The number of esters is 2. The van der Waals surface area contributed by atoms with Crippen molar-refractivity contribution in [2.75, 3.05) is 26.9 Å². The van der Waals surface area contributed by atoms with E-state index in [1.54, 1.807) is 4.90 Å². The molecule has 1 fully saturated rings. The maximum atomic E-state index is 13.7. The Hall–Kier alpha value is -2.41. The second-order valence-corrected chi connectivity index (χ2v) is 11.5. The fourth-order valence-corrected chi connectivity index (χ4v) is 5.40. The molecule has 7 nitrogen and oxygen atoms in total. The first-order valence-electron chi connectivity index (χ1n) is 13.9. The molecule has 0 saturated carbocycles. The monoisotopic (exact) mass is 515 g/mol. The molecule has 1 saturated heterocycles. The molecular formula is C30H45NO6. The van der Waals surface area contributed by atoms with Crippen molar-refractivity contribution in [2.24, 2.45) is 11.3 Å². The molecule has 2 bridgehead atoms. The van der Waals surface area contributed by atoms with Crippen molar-refractivity contribution in [3.8, 4) is 0 Å². The molecule has 1 amide bonds. The second-order valence-electron chi connectivity index (χ2n) is 11.5. The Kier molecular flexibility index (Phi) is 11.0. The van der Waals surface area contributed by atoms with Gasteiger partial charge in [-0.1, -0.05) is 64.3 Å². The SMILES string of the molecule is COC(=O)[C@@H]1C[C@@H]2CN1C(=O)[C@H](C(C)(C)C)CC(=O)OCCCCCCCc1ccccc1CCCO2. The lowest BCUT2D eigenvalue weighted by molar-refractivity contribution is -0.157. The molecule has 0 aliphatic carbocycles.